The monoisotopic (exact) mass is 354 g/mol. The van der Waals surface area contributed by atoms with Crippen LogP contribution in [0.25, 0.3) is 0 Å². The van der Waals surface area contributed by atoms with Crippen LogP contribution in [0.4, 0.5) is 0 Å². The van der Waals surface area contributed by atoms with Crippen LogP contribution < -0.4 is 4.74 Å². The van der Waals surface area contributed by atoms with Crippen molar-refractivity contribution in [2.24, 2.45) is 0 Å². The van der Waals surface area contributed by atoms with Crippen molar-refractivity contribution in [1.82, 2.24) is 9.80 Å². The topological polar surface area (TPSA) is 35.9 Å². The number of aliphatic hydroxyl groups excluding tert-OH is 1. The number of nitrogens with zero attached hydrogens (tertiary/aromatic N) is 2. The largest absolute Gasteiger partial charge is 0.497 e. The van der Waals surface area contributed by atoms with Crippen LogP contribution in [0.1, 0.15) is 23.6 Å². The van der Waals surface area contributed by atoms with Crippen LogP contribution in [-0.4, -0.2) is 61.3 Å². The molecule has 1 aliphatic rings. The lowest BCUT2D eigenvalue weighted by atomic mass is 9.96. The summed E-state index contributed by atoms with van der Waals surface area (Å²) in [5.41, 5.74) is 2.75. The third kappa shape index (κ3) is 5.07. The third-order valence-electron chi connectivity index (χ3n) is 5.31. The first-order chi connectivity index (χ1) is 12.8. The van der Waals surface area contributed by atoms with E-state index in [1.165, 1.54) is 11.1 Å². The summed E-state index contributed by atoms with van der Waals surface area (Å²) < 4.78 is 5.32. The molecule has 1 unspecified atom stereocenters. The second-order valence-corrected chi connectivity index (χ2v) is 6.91. The van der Waals surface area contributed by atoms with Crippen molar-refractivity contribution in [2.75, 3.05) is 46.4 Å². The number of aryl methyl sites for hydroxylation is 1. The summed E-state index contributed by atoms with van der Waals surface area (Å²) in [5.74, 6) is 0.906. The predicted octanol–water partition coefficient (Wildman–Crippen LogP) is 2.98. The summed E-state index contributed by atoms with van der Waals surface area (Å²) >= 11 is 0. The fourth-order valence-corrected chi connectivity index (χ4v) is 3.77. The van der Waals surface area contributed by atoms with Crippen LogP contribution >= 0.6 is 0 Å². The van der Waals surface area contributed by atoms with Crippen molar-refractivity contribution in [3.63, 3.8) is 0 Å². The molecule has 1 saturated heterocycles. The molecule has 4 heteroatoms. The highest BCUT2D eigenvalue weighted by atomic mass is 16.5. The molecule has 0 aromatic heterocycles. The van der Waals surface area contributed by atoms with E-state index in [4.69, 9.17) is 9.84 Å². The van der Waals surface area contributed by atoms with Crippen LogP contribution in [0.5, 0.6) is 5.75 Å². The molecule has 4 nitrogen and oxygen atoms in total. The molecule has 140 valence electrons. The van der Waals surface area contributed by atoms with Crippen molar-refractivity contribution < 1.29 is 9.84 Å². The fraction of sp³-hybridized carbons (Fsp3) is 0.455. The van der Waals surface area contributed by atoms with Crippen molar-refractivity contribution in [2.45, 2.75) is 18.9 Å². The van der Waals surface area contributed by atoms with Crippen molar-refractivity contribution in [1.29, 1.82) is 0 Å². The van der Waals surface area contributed by atoms with E-state index in [0.717, 1.165) is 51.3 Å². The van der Waals surface area contributed by atoms with Gasteiger partial charge in [-0.3, -0.25) is 9.80 Å². The maximum atomic E-state index is 9.16. The van der Waals surface area contributed by atoms with E-state index in [2.05, 4.69) is 64.4 Å². The van der Waals surface area contributed by atoms with Crippen LogP contribution in [0.15, 0.2) is 54.6 Å². The number of benzene rings is 2. The highest BCUT2D eigenvalue weighted by Crippen LogP contribution is 2.28. The SMILES string of the molecule is COc1ccc(C(CCc2ccccc2)N2CCN(CCO)CC2)cc1. The van der Waals surface area contributed by atoms with Gasteiger partial charge in [-0.1, -0.05) is 42.5 Å². The summed E-state index contributed by atoms with van der Waals surface area (Å²) in [5, 5.41) is 9.16. The maximum absolute atomic E-state index is 9.16. The van der Waals surface area contributed by atoms with Crippen molar-refractivity contribution in [3.05, 3.63) is 65.7 Å². The van der Waals surface area contributed by atoms with Gasteiger partial charge in [0.05, 0.1) is 13.7 Å². The minimum absolute atomic E-state index is 0.246. The average Bonchev–Trinajstić information content (AvgIpc) is 2.71. The molecular weight excluding hydrogens is 324 g/mol. The molecule has 3 rings (SSSR count). The minimum atomic E-state index is 0.246. The number of hydrogen-bond acceptors (Lipinski definition) is 4. The molecule has 0 aliphatic carbocycles. The van der Waals surface area contributed by atoms with Gasteiger partial charge in [-0.15, -0.1) is 0 Å². The zero-order chi connectivity index (χ0) is 18.2. The number of ether oxygens (including phenoxy) is 1. The van der Waals surface area contributed by atoms with Crippen LogP contribution in [0.3, 0.4) is 0 Å². The van der Waals surface area contributed by atoms with E-state index in [-0.39, 0.29) is 6.61 Å². The molecule has 2 aromatic carbocycles. The smallest absolute Gasteiger partial charge is 0.118 e. The van der Waals surface area contributed by atoms with E-state index in [1.807, 2.05) is 0 Å². The number of piperazine rings is 1. The molecule has 1 heterocycles. The van der Waals surface area contributed by atoms with Crippen LogP contribution in [0, 0.1) is 0 Å². The Morgan fingerprint density at radius 2 is 1.65 bits per heavy atom. The fourth-order valence-electron chi connectivity index (χ4n) is 3.77. The van der Waals surface area contributed by atoms with Gasteiger partial charge in [0.25, 0.3) is 0 Å². The molecule has 0 radical (unpaired) electrons. The van der Waals surface area contributed by atoms with E-state index >= 15 is 0 Å². The zero-order valence-electron chi connectivity index (χ0n) is 15.7. The van der Waals surface area contributed by atoms with Gasteiger partial charge in [-0.05, 0) is 36.1 Å². The summed E-state index contributed by atoms with van der Waals surface area (Å²) in [6, 6.07) is 19.7. The normalized spacial score (nSPS) is 17.2. The number of aliphatic hydroxyl groups is 1. The van der Waals surface area contributed by atoms with Crippen molar-refractivity contribution in [3.8, 4) is 5.75 Å². The second kappa shape index (κ2) is 9.72. The Hall–Kier alpha value is -1.88. The van der Waals surface area contributed by atoms with E-state index < -0.39 is 0 Å². The molecule has 1 atom stereocenters. The van der Waals surface area contributed by atoms with E-state index in [1.54, 1.807) is 7.11 Å². The standard InChI is InChI=1S/C22H30N2O2/c1-26-21-10-8-20(9-11-21)22(12-7-19-5-3-2-4-6-19)24-15-13-23(14-16-24)17-18-25/h2-6,8-11,22,25H,7,12-18H2,1H3. The Morgan fingerprint density at radius 1 is 0.962 bits per heavy atom. The second-order valence-electron chi connectivity index (χ2n) is 6.91. The Balaban J connectivity index is 1.70. The molecule has 1 fully saturated rings. The molecule has 0 saturated carbocycles. The average molecular weight is 354 g/mol. The van der Waals surface area contributed by atoms with E-state index in [0.29, 0.717) is 6.04 Å². The number of β-amino-alcohol motifs (C(OH)–C–C–N with tert-alkyl or cyclic N) is 1. The number of rotatable bonds is 8. The molecule has 1 aliphatic heterocycles. The van der Waals surface area contributed by atoms with Gasteiger partial charge in [0.1, 0.15) is 5.75 Å². The molecule has 2 aromatic rings. The highest BCUT2D eigenvalue weighted by molar-refractivity contribution is 5.29. The molecular formula is C22H30N2O2. The lowest BCUT2D eigenvalue weighted by molar-refractivity contribution is 0.0802. The Morgan fingerprint density at radius 3 is 2.27 bits per heavy atom. The lowest BCUT2D eigenvalue weighted by Gasteiger charge is -2.39. The zero-order valence-corrected chi connectivity index (χ0v) is 15.7. The molecule has 0 amide bonds. The molecule has 0 bridgehead atoms. The summed E-state index contributed by atoms with van der Waals surface area (Å²) in [4.78, 5) is 4.94. The molecule has 26 heavy (non-hydrogen) atoms. The highest BCUT2D eigenvalue weighted by Gasteiger charge is 2.24. The van der Waals surface area contributed by atoms with Gasteiger partial charge in [0, 0.05) is 38.8 Å². The number of hydrogen-bond donors (Lipinski definition) is 1. The van der Waals surface area contributed by atoms with Crippen LogP contribution in [0.2, 0.25) is 0 Å². The maximum Gasteiger partial charge on any atom is 0.118 e. The Kier molecular flexibility index (Phi) is 7.06. The predicted molar refractivity (Wildman–Crippen MR) is 106 cm³/mol. The number of methoxy groups -OCH3 is 1. The minimum Gasteiger partial charge on any atom is -0.497 e. The Bertz CT molecular complexity index is 637. The van der Waals surface area contributed by atoms with Gasteiger partial charge in [-0.2, -0.15) is 0 Å². The van der Waals surface area contributed by atoms with Gasteiger partial charge >= 0.3 is 0 Å². The van der Waals surface area contributed by atoms with Gasteiger partial charge in [-0.25, -0.2) is 0 Å². The lowest BCUT2D eigenvalue weighted by Crippen LogP contribution is -2.48. The molecule has 0 spiro atoms. The first-order valence-electron chi connectivity index (χ1n) is 9.55. The first-order valence-corrected chi connectivity index (χ1v) is 9.55. The quantitative estimate of drug-likeness (QED) is 0.791. The Labute approximate surface area is 157 Å². The van der Waals surface area contributed by atoms with Crippen molar-refractivity contribution >= 4 is 0 Å². The summed E-state index contributed by atoms with van der Waals surface area (Å²) in [6.07, 6.45) is 2.19. The molecule has 1 N–H and O–H groups in total. The van der Waals surface area contributed by atoms with Gasteiger partial charge in [0.2, 0.25) is 0 Å². The van der Waals surface area contributed by atoms with E-state index in [9.17, 15) is 0 Å². The van der Waals surface area contributed by atoms with Gasteiger partial charge in [0.15, 0.2) is 0 Å². The van der Waals surface area contributed by atoms with Gasteiger partial charge < -0.3 is 9.84 Å². The summed E-state index contributed by atoms with van der Waals surface area (Å²) in [7, 11) is 1.71. The van der Waals surface area contributed by atoms with Crippen LogP contribution in [-0.2, 0) is 6.42 Å². The summed E-state index contributed by atoms with van der Waals surface area (Å²) in [6.45, 7) is 5.18. The first kappa shape index (κ1) is 18.9. The third-order valence-corrected chi connectivity index (χ3v) is 5.31.